The SMILES string of the molecule is CSCCC(NC(N)=O)C(=O)N1CCN(c2ccccc2[N+](=O)[O-])CC1. The van der Waals surface area contributed by atoms with E-state index >= 15 is 0 Å². The average Bonchev–Trinajstić information content (AvgIpc) is 2.64. The summed E-state index contributed by atoms with van der Waals surface area (Å²) in [6.07, 6.45) is 2.44. The minimum Gasteiger partial charge on any atom is -0.362 e. The van der Waals surface area contributed by atoms with Crippen molar-refractivity contribution in [3.8, 4) is 0 Å². The van der Waals surface area contributed by atoms with Crippen LogP contribution >= 0.6 is 11.8 Å². The fourth-order valence-corrected chi connectivity index (χ4v) is 3.41. The summed E-state index contributed by atoms with van der Waals surface area (Å²) < 4.78 is 0. The third-order valence-electron chi connectivity index (χ3n) is 4.24. The number of nitrogens with one attached hydrogen (secondary N) is 1. The van der Waals surface area contributed by atoms with E-state index in [4.69, 9.17) is 5.73 Å². The van der Waals surface area contributed by atoms with Gasteiger partial charge in [-0.25, -0.2) is 4.79 Å². The van der Waals surface area contributed by atoms with Gasteiger partial charge in [-0.3, -0.25) is 14.9 Å². The zero-order valence-corrected chi connectivity index (χ0v) is 15.4. The van der Waals surface area contributed by atoms with Gasteiger partial charge >= 0.3 is 6.03 Å². The number of para-hydroxylation sites is 2. The van der Waals surface area contributed by atoms with Crippen molar-refractivity contribution in [2.45, 2.75) is 12.5 Å². The predicted molar refractivity (Wildman–Crippen MR) is 101 cm³/mol. The van der Waals surface area contributed by atoms with E-state index in [0.29, 0.717) is 38.3 Å². The zero-order valence-electron chi connectivity index (χ0n) is 14.6. The lowest BCUT2D eigenvalue weighted by molar-refractivity contribution is -0.384. The highest BCUT2D eigenvalue weighted by Gasteiger charge is 2.29. The van der Waals surface area contributed by atoms with Crippen molar-refractivity contribution in [2.24, 2.45) is 5.73 Å². The van der Waals surface area contributed by atoms with Crippen LogP contribution in [-0.4, -0.2) is 66.0 Å². The van der Waals surface area contributed by atoms with Gasteiger partial charge in [-0.2, -0.15) is 11.8 Å². The Morgan fingerprint density at radius 1 is 1.31 bits per heavy atom. The first kappa shape index (κ1) is 19.8. The highest BCUT2D eigenvalue weighted by atomic mass is 32.2. The number of nitro benzene ring substituents is 1. The van der Waals surface area contributed by atoms with Crippen LogP contribution in [0.2, 0.25) is 0 Å². The Kier molecular flexibility index (Phi) is 7.07. The second kappa shape index (κ2) is 9.27. The number of amides is 3. The largest absolute Gasteiger partial charge is 0.362 e. The first-order valence-corrected chi connectivity index (χ1v) is 9.65. The molecule has 1 aromatic carbocycles. The number of nitrogens with zero attached hydrogens (tertiary/aromatic N) is 3. The molecule has 142 valence electrons. The van der Waals surface area contributed by atoms with Crippen molar-refractivity contribution in [3.63, 3.8) is 0 Å². The maximum absolute atomic E-state index is 12.7. The maximum atomic E-state index is 12.7. The number of nitro groups is 1. The second-order valence-corrected chi connectivity index (χ2v) is 6.89. The predicted octanol–water partition coefficient (Wildman–Crippen LogP) is 1.03. The Morgan fingerprint density at radius 3 is 2.54 bits per heavy atom. The summed E-state index contributed by atoms with van der Waals surface area (Å²) in [7, 11) is 0. The van der Waals surface area contributed by atoms with E-state index in [1.54, 1.807) is 34.9 Å². The molecule has 3 amide bonds. The lowest BCUT2D eigenvalue weighted by Crippen LogP contribution is -2.55. The average molecular weight is 381 g/mol. The molecule has 1 atom stereocenters. The Balaban J connectivity index is 2.01. The van der Waals surface area contributed by atoms with Gasteiger partial charge < -0.3 is 20.9 Å². The standard InChI is InChI=1S/C16H23N5O4S/c1-26-11-6-12(18-16(17)23)15(22)20-9-7-19(8-10-20)13-4-2-3-5-14(13)21(24)25/h2-5,12H,6-11H2,1H3,(H3,17,18,23). The fourth-order valence-electron chi connectivity index (χ4n) is 2.94. The number of primary amides is 1. The lowest BCUT2D eigenvalue weighted by atomic mass is 10.1. The normalized spacial score (nSPS) is 15.4. The highest BCUT2D eigenvalue weighted by Crippen LogP contribution is 2.28. The minimum atomic E-state index is -0.719. The first-order valence-electron chi connectivity index (χ1n) is 8.26. The van der Waals surface area contributed by atoms with Crippen molar-refractivity contribution < 1.29 is 14.5 Å². The number of rotatable bonds is 7. The molecule has 1 aromatic rings. The smallest absolute Gasteiger partial charge is 0.312 e. The topological polar surface area (TPSA) is 122 Å². The monoisotopic (exact) mass is 381 g/mol. The molecule has 0 bridgehead atoms. The van der Waals surface area contributed by atoms with Crippen LogP contribution in [0, 0.1) is 10.1 Å². The molecule has 0 saturated carbocycles. The molecule has 0 aliphatic carbocycles. The van der Waals surface area contributed by atoms with Crippen molar-refractivity contribution in [1.82, 2.24) is 10.2 Å². The third-order valence-corrected chi connectivity index (χ3v) is 4.88. The molecule has 0 radical (unpaired) electrons. The molecular formula is C16H23N5O4S. The molecule has 1 fully saturated rings. The molecular weight excluding hydrogens is 358 g/mol. The molecule has 1 heterocycles. The number of nitrogens with two attached hydrogens (primary N) is 1. The molecule has 1 unspecified atom stereocenters. The zero-order chi connectivity index (χ0) is 19.1. The van der Waals surface area contributed by atoms with Gasteiger partial charge in [0.15, 0.2) is 0 Å². The van der Waals surface area contributed by atoms with Crippen molar-refractivity contribution in [3.05, 3.63) is 34.4 Å². The van der Waals surface area contributed by atoms with Gasteiger partial charge in [-0.15, -0.1) is 0 Å². The van der Waals surface area contributed by atoms with Gasteiger partial charge in [0.25, 0.3) is 5.69 Å². The highest BCUT2D eigenvalue weighted by molar-refractivity contribution is 7.98. The summed E-state index contributed by atoms with van der Waals surface area (Å²) >= 11 is 1.59. The number of carbonyl (C=O) groups excluding carboxylic acids is 2. The lowest BCUT2D eigenvalue weighted by Gasteiger charge is -2.37. The Labute approximate surface area is 156 Å². The van der Waals surface area contributed by atoms with Gasteiger partial charge in [-0.05, 0) is 24.5 Å². The van der Waals surface area contributed by atoms with Crippen molar-refractivity contribution >= 4 is 35.1 Å². The van der Waals surface area contributed by atoms with E-state index in [1.165, 1.54) is 6.07 Å². The molecule has 0 aromatic heterocycles. The number of benzene rings is 1. The van der Waals surface area contributed by atoms with E-state index in [9.17, 15) is 19.7 Å². The van der Waals surface area contributed by atoms with Crippen molar-refractivity contribution in [1.29, 1.82) is 0 Å². The summed E-state index contributed by atoms with van der Waals surface area (Å²) in [4.78, 5) is 38.2. The van der Waals surface area contributed by atoms with E-state index in [-0.39, 0.29) is 11.6 Å². The van der Waals surface area contributed by atoms with E-state index < -0.39 is 17.0 Å². The van der Waals surface area contributed by atoms with Gasteiger partial charge in [0.1, 0.15) is 11.7 Å². The van der Waals surface area contributed by atoms with Gasteiger partial charge in [0.05, 0.1) is 4.92 Å². The third kappa shape index (κ3) is 5.01. The quantitative estimate of drug-likeness (QED) is 0.537. The molecule has 9 nitrogen and oxygen atoms in total. The van der Waals surface area contributed by atoms with E-state index in [1.807, 2.05) is 11.2 Å². The second-order valence-electron chi connectivity index (χ2n) is 5.90. The molecule has 26 heavy (non-hydrogen) atoms. The molecule has 1 aliphatic heterocycles. The van der Waals surface area contributed by atoms with Crippen LogP contribution in [0.25, 0.3) is 0 Å². The number of anilines is 1. The first-order chi connectivity index (χ1) is 12.4. The molecule has 1 saturated heterocycles. The molecule has 2 rings (SSSR count). The fraction of sp³-hybridized carbons (Fsp3) is 0.500. The van der Waals surface area contributed by atoms with Crippen LogP contribution in [0.1, 0.15) is 6.42 Å². The number of piperazine rings is 1. The molecule has 10 heteroatoms. The summed E-state index contributed by atoms with van der Waals surface area (Å²) in [5.41, 5.74) is 5.79. The summed E-state index contributed by atoms with van der Waals surface area (Å²) in [6, 6.07) is 5.22. The van der Waals surface area contributed by atoms with E-state index in [2.05, 4.69) is 5.32 Å². The van der Waals surface area contributed by atoms with Crippen LogP contribution in [-0.2, 0) is 4.79 Å². The van der Waals surface area contributed by atoms with Gasteiger partial charge in [0.2, 0.25) is 5.91 Å². The molecule has 3 N–H and O–H groups in total. The van der Waals surface area contributed by atoms with Crippen LogP contribution < -0.4 is 16.0 Å². The number of hydrogen-bond donors (Lipinski definition) is 2. The van der Waals surface area contributed by atoms with E-state index in [0.717, 1.165) is 5.75 Å². The number of carbonyl (C=O) groups is 2. The number of hydrogen-bond acceptors (Lipinski definition) is 6. The van der Waals surface area contributed by atoms with Crippen molar-refractivity contribution in [2.75, 3.05) is 43.1 Å². The van der Waals surface area contributed by atoms with Crippen LogP contribution in [0.5, 0.6) is 0 Å². The maximum Gasteiger partial charge on any atom is 0.312 e. The van der Waals surface area contributed by atoms with Crippen LogP contribution in [0.4, 0.5) is 16.2 Å². The Bertz CT molecular complexity index is 664. The Morgan fingerprint density at radius 2 is 1.96 bits per heavy atom. The number of thioether (sulfide) groups is 1. The molecule has 1 aliphatic rings. The summed E-state index contributed by atoms with van der Waals surface area (Å²) in [5, 5.41) is 13.7. The Hall–Kier alpha value is -2.49. The van der Waals surface area contributed by atoms with Gasteiger partial charge in [-0.1, -0.05) is 12.1 Å². The minimum absolute atomic E-state index is 0.0560. The summed E-state index contributed by atoms with van der Waals surface area (Å²) in [5.74, 6) is 0.562. The summed E-state index contributed by atoms with van der Waals surface area (Å²) in [6.45, 7) is 1.84. The van der Waals surface area contributed by atoms with Gasteiger partial charge in [0, 0.05) is 32.2 Å². The number of urea groups is 1. The van der Waals surface area contributed by atoms with Crippen LogP contribution in [0.15, 0.2) is 24.3 Å². The van der Waals surface area contributed by atoms with Crippen LogP contribution in [0.3, 0.4) is 0 Å². The molecule has 0 spiro atoms.